The van der Waals surface area contributed by atoms with E-state index in [0.29, 0.717) is 23.6 Å². The Morgan fingerprint density at radius 1 is 0.860 bits per heavy atom. The first kappa shape index (κ1) is 29.8. The third-order valence-corrected chi connectivity index (χ3v) is 8.59. The predicted octanol–water partition coefficient (Wildman–Crippen LogP) is 6.35. The number of sulfonamides is 1. The van der Waals surface area contributed by atoms with Crippen LogP contribution in [0.1, 0.15) is 27.8 Å². The van der Waals surface area contributed by atoms with Crippen LogP contribution in [-0.2, 0) is 27.8 Å². The summed E-state index contributed by atoms with van der Waals surface area (Å²) < 4.78 is 27.6. The smallest absolute Gasteiger partial charge is 0.328 e. The van der Waals surface area contributed by atoms with Crippen LogP contribution < -0.4 is 10.0 Å². The van der Waals surface area contributed by atoms with Gasteiger partial charge in [-0.1, -0.05) is 96.0 Å². The van der Waals surface area contributed by atoms with Crippen LogP contribution in [0.5, 0.6) is 0 Å². The van der Waals surface area contributed by atoms with Crippen LogP contribution in [0, 0.1) is 6.92 Å². The van der Waals surface area contributed by atoms with Crippen LogP contribution in [0.3, 0.4) is 0 Å². The molecule has 1 aliphatic rings. The number of benzene rings is 4. The van der Waals surface area contributed by atoms with Gasteiger partial charge in [0.05, 0.1) is 10.6 Å². The van der Waals surface area contributed by atoms with Crippen LogP contribution in [0.4, 0.5) is 4.79 Å². The fraction of sp³-hybridized carbons (Fsp3) is 0.118. The second-order valence-electron chi connectivity index (χ2n) is 10.2. The Labute approximate surface area is 256 Å². The van der Waals surface area contributed by atoms with Crippen molar-refractivity contribution < 1.29 is 18.0 Å². The molecule has 0 atom stereocenters. The lowest BCUT2D eigenvalue weighted by molar-refractivity contribution is -0.122. The van der Waals surface area contributed by atoms with Crippen molar-refractivity contribution in [3.63, 3.8) is 0 Å². The van der Waals surface area contributed by atoms with Crippen molar-refractivity contribution >= 4 is 45.3 Å². The molecule has 3 amide bonds. The number of carbonyl (C=O) groups is 2. The van der Waals surface area contributed by atoms with Crippen molar-refractivity contribution in [1.29, 1.82) is 0 Å². The van der Waals surface area contributed by atoms with Gasteiger partial charge < -0.3 is 10.2 Å². The molecule has 0 saturated carbocycles. The highest BCUT2D eigenvalue weighted by molar-refractivity contribution is 7.90. The van der Waals surface area contributed by atoms with Crippen LogP contribution in [0.2, 0.25) is 5.02 Å². The number of carbonyl (C=O) groups excluding carboxylic acids is 2. The third-order valence-electron chi connectivity index (χ3n) is 7.00. The molecule has 1 aliphatic heterocycles. The molecule has 0 radical (unpaired) electrons. The molecule has 5 rings (SSSR count). The van der Waals surface area contributed by atoms with Gasteiger partial charge in [-0.15, -0.1) is 0 Å². The molecule has 0 bridgehead atoms. The molecule has 0 aromatic heterocycles. The molecule has 4 aromatic rings. The Bertz CT molecular complexity index is 1780. The first-order chi connectivity index (χ1) is 20.7. The Hall–Kier alpha value is -4.66. The largest absolute Gasteiger partial charge is 0.333 e. The summed E-state index contributed by atoms with van der Waals surface area (Å²) in [5.41, 5.74) is 5.98. The molecule has 43 heavy (non-hydrogen) atoms. The summed E-state index contributed by atoms with van der Waals surface area (Å²) in [5, 5.41) is 3.17. The summed E-state index contributed by atoms with van der Waals surface area (Å²) in [4.78, 5) is 27.5. The Morgan fingerprint density at radius 2 is 1.53 bits per heavy atom. The SMILES string of the molecule is Cc1ccc(C2=C/C(=C/c3ccc(Cl)cc3)C(=O)N2CCc2ccc(S(=O)(=O)NC(=O)NCc3ccccc3)cc2)cc1. The van der Waals surface area contributed by atoms with Crippen molar-refractivity contribution in [1.82, 2.24) is 14.9 Å². The molecule has 2 N–H and O–H groups in total. The molecular formula is C34H30ClN3O4S. The summed E-state index contributed by atoms with van der Waals surface area (Å²) >= 11 is 6.02. The van der Waals surface area contributed by atoms with Crippen molar-refractivity contribution in [3.8, 4) is 0 Å². The molecule has 0 unspecified atom stereocenters. The fourth-order valence-electron chi connectivity index (χ4n) is 4.65. The number of hydrogen-bond donors (Lipinski definition) is 2. The quantitative estimate of drug-likeness (QED) is 0.216. The van der Waals surface area contributed by atoms with Gasteiger partial charge in [-0.05, 0) is 72.0 Å². The predicted molar refractivity (Wildman–Crippen MR) is 169 cm³/mol. The van der Waals surface area contributed by atoms with E-state index in [2.05, 4.69) is 5.32 Å². The van der Waals surface area contributed by atoms with Crippen molar-refractivity contribution in [2.24, 2.45) is 0 Å². The number of nitrogens with one attached hydrogen (secondary N) is 2. The van der Waals surface area contributed by atoms with Gasteiger partial charge in [-0.3, -0.25) is 4.79 Å². The van der Waals surface area contributed by atoms with Crippen molar-refractivity contribution in [3.05, 3.63) is 148 Å². The van der Waals surface area contributed by atoms with E-state index in [-0.39, 0.29) is 17.3 Å². The number of hydrogen-bond acceptors (Lipinski definition) is 4. The molecule has 218 valence electrons. The molecule has 9 heteroatoms. The maximum atomic E-state index is 13.5. The Kier molecular flexibility index (Phi) is 9.09. The molecule has 1 heterocycles. The zero-order chi connectivity index (χ0) is 30.4. The topological polar surface area (TPSA) is 95.6 Å². The van der Waals surface area contributed by atoms with Crippen molar-refractivity contribution in [2.45, 2.75) is 24.8 Å². The summed E-state index contributed by atoms with van der Waals surface area (Å²) in [5.74, 6) is -0.115. The van der Waals surface area contributed by atoms with Crippen LogP contribution in [-0.4, -0.2) is 31.8 Å². The third kappa shape index (κ3) is 7.60. The van der Waals surface area contributed by atoms with E-state index < -0.39 is 16.1 Å². The molecular weight excluding hydrogens is 582 g/mol. The summed E-state index contributed by atoms with van der Waals surface area (Å²) in [6, 6.07) is 30.0. The van der Waals surface area contributed by atoms with E-state index in [1.165, 1.54) is 12.1 Å². The van der Waals surface area contributed by atoms with Gasteiger partial charge in [0.15, 0.2) is 0 Å². The second-order valence-corrected chi connectivity index (χ2v) is 12.3. The normalized spacial score (nSPS) is 14.1. The average molecular weight is 612 g/mol. The average Bonchev–Trinajstić information content (AvgIpc) is 3.31. The van der Waals surface area contributed by atoms with Gasteiger partial charge in [0.25, 0.3) is 15.9 Å². The molecule has 0 spiro atoms. The highest BCUT2D eigenvalue weighted by Gasteiger charge is 2.29. The van der Waals surface area contributed by atoms with E-state index in [4.69, 9.17) is 11.6 Å². The number of aryl methyl sites for hydroxylation is 1. The minimum Gasteiger partial charge on any atom is -0.333 e. The fourth-order valence-corrected chi connectivity index (χ4v) is 5.71. The molecule has 4 aromatic carbocycles. The number of nitrogens with zero attached hydrogens (tertiary/aromatic N) is 1. The van der Waals surface area contributed by atoms with E-state index in [1.54, 1.807) is 29.2 Å². The van der Waals surface area contributed by atoms with Gasteiger partial charge >= 0.3 is 6.03 Å². The number of rotatable bonds is 9. The molecule has 0 fully saturated rings. The summed E-state index contributed by atoms with van der Waals surface area (Å²) in [6.07, 6.45) is 4.23. The number of halogens is 1. The van der Waals surface area contributed by atoms with Gasteiger partial charge in [0.1, 0.15) is 0 Å². The lowest BCUT2D eigenvalue weighted by Gasteiger charge is -2.21. The van der Waals surface area contributed by atoms with E-state index >= 15 is 0 Å². The zero-order valence-corrected chi connectivity index (χ0v) is 25.0. The first-order valence-corrected chi connectivity index (χ1v) is 15.6. The Morgan fingerprint density at radius 3 is 2.21 bits per heavy atom. The van der Waals surface area contributed by atoms with E-state index in [1.807, 2.05) is 90.5 Å². The summed E-state index contributed by atoms with van der Waals surface area (Å²) in [6.45, 7) is 2.60. The zero-order valence-electron chi connectivity index (χ0n) is 23.5. The second kappa shape index (κ2) is 13.1. The lowest BCUT2D eigenvalue weighted by atomic mass is 10.1. The minimum absolute atomic E-state index is 0.0308. The van der Waals surface area contributed by atoms with Gasteiger partial charge in [-0.2, -0.15) is 0 Å². The highest BCUT2D eigenvalue weighted by atomic mass is 35.5. The van der Waals surface area contributed by atoms with Crippen LogP contribution in [0.15, 0.2) is 120 Å². The highest BCUT2D eigenvalue weighted by Crippen LogP contribution is 2.31. The Balaban J connectivity index is 1.26. The van der Waals surface area contributed by atoms with Gasteiger partial charge in [-0.25, -0.2) is 17.9 Å². The van der Waals surface area contributed by atoms with E-state index in [0.717, 1.165) is 33.5 Å². The van der Waals surface area contributed by atoms with Gasteiger partial charge in [0, 0.05) is 23.7 Å². The molecule has 7 nitrogen and oxygen atoms in total. The monoisotopic (exact) mass is 611 g/mol. The summed E-state index contributed by atoms with van der Waals surface area (Å²) in [7, 11) is -4.06. The van der Waals surface area contributed by atoms with Crippen LogP contribution >= 0.6 is 11.6 Å². The first-order valence-electron chi connectivity index (χ1n) is 13.7. The van der Waals surface area contributed by atoms with Crippen LogP contribution in [0.25, 0.3) is 11.8 Å². The van der Waals surface area contributed by atoms with E-state index in [9.17, 15) is 18.0 Å². The number of amides is 3. The number of urea groups is 1. The van der Waals surface area contributed by atoms with Gasteiger partial charge in [0.2, 0.25) is 0 Å². The standard InChI is InChI=1S/C34H30ClN3O4S/c1-24-7-13-28(14-8-24)32-22-29(21-26-9-15-30(35)16-10-26)33(39)38(32)20-19-25-11-17-31(18-12-25)43(41,42)37-34(40)36-23-27-5-3-2-4-6-27/h2-18,21-22H,19-20,23H2,1H3,(H2,36,37,40)/b29-21-. The molecule has 0 saturated heterocycles. The van der Waals surface area contributed by atoms with Crippen molar-refractivity contribution in [2.75, 3.05) is 6.54 Å². The minimum atomic E-state index is -4.06. The lowest BCUT2D eigenvalue weighted by Crippen LogP contribution is -2.39. The maximum Gasteiger partial charge on any atom is 0.328 e. The molecule has 0 aliphatic carbocycles. The maximum absolute atomic E-state index is 13.5.